The smallest absolute Gasteiger partial charge is 0.315 e. The van der Waals surface area contributed by atoms with Crippen LogP contribution in [0.2, 0.25) is 0 Å². The van der Waals surface area contributed by atoms with Gasteiger partial charge < -0.3 is 15.7 Å². The highest BCUT2D eigenvalue weighted by Crippen LogP contribution is 2.53. The number of carbonyl (C=O) groups is 2. The lowest BCUT2D eigenvalue weighted by atomic mass is 9.67. The molecule has 2 rings (SSSR count). The van der Waals surface area contributed by atoms with Crippen LogP contribution in [0.5, 0.6) is 0 Å². The molecule has 8 heteroatoms. The molecule has 7 nitrogen and oxygen atoms in total. The first-order valence-electron chi connectivity index (χ1n) is 11.8. The molecule has 3 atom stereocenters. The minimum absolute atomic E-state index is 0.0621. The summed E-state index contributed by atoms with van der Waals surface area (Å²) in [5, 5.41) is 15.1. The quantitative estimate of drug-likeness (QED) is 0.568. The Hall–Kier alpha value is -1.67. The first-order chi connectivity index (χ1) is 14.7. The van der Waals surface area contributed by atoms with E-state index in [1.807, 2.05) is 20.8 Å². The van der Waals surface area contributed by atoms with Gasteiger partial charge in [0.1, 0.15) is 4.67 Å². The van der Waals surface area contributed by atoms with Gasteiger partial charge in [0.25, 0.3) is 5.91 Å². The number of aromatic nitrogens is 1. The fourth-order valence-electron chi connectivity index (χ4n) is 4.14. The van der Waals surface area contributed by atoms with Gasteiger partial charge in [-0.1, -0.05) is 34.1 Å². The largest absolute Gasteiger partial charge is 0.392 e. The second-order valence-electron chi connectivity index (χ2n) is 10.9. The summed E-state index contributed by atoms with van der Waals surface area (Å²) in [6.07, 6.45) is 5.98. The number of hydrogen-bond donors (Lipinski definition) is 3. The van der Waals surface area contributed by atoms with Crippen molar-refractivity contribution < 1.29 is 14.7 Å². The molecule has 1 saturated carbocycles. The van der Waals surface area contributed by atoms with Crippen molar-refractivity contribution in [3.63, 3.8) is 0 Å². The summed E-state index contributed by atoms with van der Waals surface area (Å²) in [5.74, 6) is -0.114. The first kappa shape index (κ1) is 26.6. The van der Waals surface area contributed by atoms with Crippen LogP contribution in [0.25, 0.3) is 0 Å². The van der Waals surface area contributed by atoms with E-state index in [9.17, 15) is 14.7 Å². The van der Waals surface area contributed by atoms with E-state index in [1.54, 1.807) is 18.5 Å². The molecule has 1 aliphatic carbocycles. The maximum absolute atomic E-state index is 13.6. The highest BCUT2D eigenvalue weighted by molar-refractivity contribution is 7.04. The van der Waals surface area contributed by atoms with E-state index in [0.29, 0.717) is 12.8 Å². The highest BCUT2D eigenvalue weighted by Gasteiger charge is 2.56. The number of urea groups is 1. The van der Waals surface area contributed by atoms with Crippen molar-refractivity contribution in [1.82, 2.24) is 14.6 Å². The molecule has 0 radical (unpaired) electrons. The fraction of sp³-hybridized carbons (Fsp3) is 0.792. The third-order valence-corrected chi connectivity index (χ3v) is 8.33. The number of aryl methyl sites for hydroxylation is 1. The van der Waals surface area contributed by atoms with Gasteiger partial charge in [0.2, 0.25) is 0 Å². The van der Waals surface area contributed by atoms with Crippen molar-refractivity contribution in [3.05, 3.63) is 16.4 Å². The monoisotopic (exact) mass is 466 g/mol. The third kappa shape index (κ3) is 5.81. The van der Waals surface area contributed by atoms with Crippen LogP contribution in [0.3, 0.4) is 0 Å². The fourth-order valence-corrected chi connectivity index (χ4v) is 5.17. The third-order valence-electron chi connectivity index (χ3n) is 6.96. The Morgan fingerprint density at radius 1 is 1.34 bits per heavy atom. The molecule has 0 aromatic carbocycles. The number of carbonyl (C=O) groups excluding carboxylic acids is 2. The van der Waals surface area contributed by atoms with Crippen molar-refractivity contribution in [2.24, 2.45) is 15.8 Å². The summed E-state index contributed by atoms with van der Waals surface area (Å²) in [6.45, 7) is 16.5. The molecule has 0 bridgehead atoms. The topological polar surface area (TPSA) is 95.7 Å². The van der Waals surface area contributed by atoms with Gasteiger partial charge in [-0.3, -0.25) is 8.75 Å². The molecule has 32 heavy (non-hydrogen) atoms. The summed E-state index contributed by atoms with van der Waals surface area (Å²) in [4.78, 5) is 30.5. The van der Waals surface area contributed by atoms with Crippen molar-refractivity contribution in [2.45, 2.75) is 105 Å². The van der Waals surface area contributed by atoms with Crippen molar-refractivity contribution in [3.8, 4) is 0 Å². The number of aliphatic hydroxyl groups excluding tert-OH is 1. The van der Waals surface area contributed by atoms with Crippen LogP contribution in [-0.2, 0) is 16.8 Å². The predicted molar refractivity (Wildman–Crippen MR) is 130 cm³/mol. The van der Waals surface area contributed by atoms with Gasteiger partial charge in [0.05, 0.1) is 11.5 Å². The minimum atomic E-state index is -0.673. The van der Waals surface area contributed by atoms with Crippen molar-refractivity contribution >= 4 is 23.5 Å². The normalized spacial score (nSPS) is 24.4. The molecular weight excluding hydrogens is 424 g/mol. The molecular formula is C24H42N4O3S. The Morgan fingerprint density at radius 3 is 2.56 bits per heavy atom. The van der Waals surface area contributed by atoms with Gasteiger partial charge in [-0.05, 0) is 70.3 Å². The van der Waals surface area contributed by atoms with Crippen LogP contribution in [-0.4, -0.2) is 39.7 Å². The van der Waals surface area contributed by atoms with E-state index in [1.165, 1.54) is 0 Å². The second kappa shape index (κ2) is 10.1. The molecule has 3 amide bonds. The van der Waals surface area contributed by atoms with Crippen LogP contribution in [0.1, 0.15) is 86.6 Å². The van der Waals surface area contributed by atoms with Crippen LogP contribution < -0.4 is 15.3 Å². The molecule has 182 valence electrons. The number of unbranched alkanes of at least 4 members (excludes halogenated alkanes) is 1. The number of nitrogens with one attached hydrogen (secondary N) is 2. The standard InChI is InChI=1S/C24H42N4O3S/c1-9-10-11-17-15-28(22(3,4)5)32-19(17)27-20(30)24(8)13-12-18(23(24,6)7)26-21(31)25-14-16(2)29/h15-16,18,29H,9-14H2,1-8H3,(H2,25,26,31)/t16-,18?,24?/m0/s1. The van der Waals surface area contributed by atoms with Crippen LogP contribution in [0.4, 0.5) is 4.79 Å². The molecule has 0 spiro atoms. The molecule has 1 heterocycles. The number of aliphatic hydroxyl groups is 1. The zero-order chi connectivity index (χ0) is 24.3. The van der Waals surface area contributed by atoms with Gasteiger partial charge in [0.15, 0.2) is 0 Å². The van der Waals surface area contributed by atoms with Gasteiger partial charge >= 0.3 is 6.03 Å². The SMILES string of the molecule is CCCCc1cn(C(C)(C)C)sc1=NC(=O)C1(C)CCC(NC(=O)NC[C@H](C)O)C1(C)C. The molecule has 1 fully saturated rings. The van der Waals surface area contributed by atoms with Crippen LogP contribution >= 0.6 is 11.5 Å². The number of rotatable bonds is 7. The lowest BCUT2D eigenvalue weighted by molar-refractivity contribution is -0.131. The number of amides is 3. The Bertz CT molecular complexity index is 879. The number of nitrogens with zero attached hydrogens (tertiary/aromatic N) is 2. The molecule has 3 N–H and O–H groups in total. The van der Waals surface area contributed by atoms with Crippen LogP contribution in [0, 0.1) is 10.8 Å². The van der Waals surface area contributed by atoms with Crippen molar-refractivity contribution in [2.75, 3.05) is 6.54 Å². The molecule has 2 unspecified atom stereocenters. The van der Waals surface area contributed by atoms with E-state index >= 15 is 0 Å². The summed E-state index contributed by atoms with van der Waals surface area (Å²) in [7, 11) is 0. The van der Waals surface area contributed by atoms with Gasteiger partial charge in [-0.2, -0.15) is 0 Å². The Balaban J connectivity index is 2.29. The molecule has 1 aromatic heterocycles. The highest BCUT2D eigenvalue weighted by atomic mass is 32.1. The lowest BCUT2D eigenvalue weighted by Gasteiger charge is -2.39. The Kier molecular flexibility index (Phi) is 8.37. The number of hydrogen-bond acceptors (Lipinski definition) is 4. The predicted octanol–water partition coefficient (Wildman–Crippen LogP) is 3.95. The van der Waals surface area contributed by atoms with E-state index in [-0.39, 0.29) is 30.1 Å². The summed E-state index contributed by atoms with van der Waals surface area (Å²) < 4.78 is 2.99. The maximum atomic E-state index is 13.6. The lowest BCUT2D eigenvalue weighted by Crippen LogP contribution is -2.52. The average Bonchev–Trinajstić information content (AvgIpc) is 3.19. The summed E-state index contributed by atoms with van der Waals surface area (Å²) in [5.41, 5.74) is -0.0654. The van der Waals surface area contributed by atoms with Gasteiger partial charge in [0, 0.05) is 29.9 Å². The summed E-state index contributed by atoms with van der Waals surface area (Å²) >= 11 is 1.55. The summed E-state index contributed by atoms with van der Waals surface area (Å²) in [6, 6.07) is -0.466. The molecule has 1 aliphatic rings. The van der Waals surface area contributed by atoms with Gasteiger partial charge in [-0.25, -0.2) is 9.79 Å². The Labute approximate surface area is 196 Å². The Morgan fingerprint density at radius 2 is 2.00 bits per heavy atom. The molecule has 0 aliphatic heterocycles. The molecule has 1 aromatic rings. The van der Waals surface area contributed by atoms with Gasteiger partial charge in [-0.15, -0.1) is 0 Å². The average molecular weight is 467 g/mol. The maximum Gasteiger partial charge on any atom is 0.315 e. The van der Waals surface area contributed by atoms with E-state index in [4.69, 9.17) is 0 Å². The zero-order valence-corrected chi connectivity index (χ0v) is 21.9. The molecule has 0 saturated heterocycles. The van der Waals surface area contributed by atoms with Crippen LogP contribution in [0.15, 0.2) is 11.2 Å². The second-order valence-corrected chi connectivity index (χ2v) is 11.9. The zero-order valence-electron chi connectivity index (χ0n) is 21.0. The first-order valence-corrected chi connectivity index (χ1v) is 12.5. The van der Waals surface area contributed by atoms with E-state index in [0.717, 1.165) is 29.5 Å². The van der Waals surface area contributed by atoms with E-state index in [2.05, 4.69) is 53.5 Å². The minimum Gasteiger partial charge on any atom is -0.392 e. The van der Waals surface area contributed by atoms with E-state index < -0.39 is 16.9 Å². The van der Waals surface area contributed by atoms with Crippen molar-refractivity contribution in [1.29, 1.82) is 0 Å².